The predicted octanol–water partition coefficient (Wildman–Crippen LogP) is 2.38. The molecule has 0 unspecified atom stereocenters. The normalized spacial score (nSPS) is 10.3. The number of nitrogens with one attached hydrogen (secondary N) is 1. The first kappa shape index (κ1) is 12.8. The molecule has 0 aliphatic heterocycles. The van der Waals surface area contributed by atoms with Gasteiger partial charge in [0.1, 0.15) is 0 Å². The SMILES string of the molecule is Cc1cc(Br)cc(C(=O)NCCn2cccn2)c1. The van der Waals surface area contributed by atoms with E-state index in [4.69, 9.17) is 0 Å². The van der Waals surface area contributed by atoms with Gasteiger partial charge in [0.15, 0.2) is 0 Å². The first-order valence-electron chi connectivity index (χ1n) is 5.68. The van der Waals surface area contributed by atoms with Crippen LogP contribution in [-0.2, 0) is 6.54 Å². The minimum atomic E-state index is -0.0634. The summed E-state index contributed by atoms with van der Waals surface area (Å²) in [5, 5.41) is 6.94. The van der Waals surface area contributed by atoms with Crippen molar-refractivity contribution in [2.24, 2.45) is 0 Å². The molecular weight excluding hydrogens is 294 g/mol. The quantitative estimate of drug-likeness (QED) is 0.942. The van der Waals surface area contributed by atoms with Crippen molar-refractivity contribution in [2.75, 3.05) is 6.54 Å². The highest BCUT2D eigenvalue weighted by molar-refractivity contribution is 9.10. The molecule has 2 rings (SSSR count). The van der Waals surface area contributed by atoms with Gasteiger partial charge in [-0.2, -0.15) is 5.10 Å². The summed E-state index contributed by atoms with van der Waals surface area (Å²) >= 11 is 3.39. The van der Waals surface area contributed by atoms with E-state index < -0.39 is 0 Å². The number of halogens is 1. The van der Waals surface area contributed by atoms with E-state index in [1.54, 1.807) is 10.9 Å². The van der Waals surface area contributed by atoms with Crippen molar-refractivity contribution in [1.82, 2.24) is 15.1 Å². The Hall–Kier alpha value is -1.62. The Labute approximate surface area is 114 Å². The number of amides is 1. The smallest absolute Gasteiger partial charge is 0.251 e. The first-order valence-corrected chi connectivity index (χ1v) is 6.47. The summed E-state index contributed by atoms with van der Waals surface area (Å²) in [5.74, 6) is -0.0634. The summed E-state index contributed by atoms with van der Waals surface area (Å²) in [6.07, 6.45) is 3.59. The zero-order chi connectivity index (χ0) is 13.0. The van der Waals surface area contributed by atoms with Gasteiger partial charge in [0.25, 0.3) is 5.91 Å². The van der Waals surface area contributed by atoms with Crippen LogP contribution in [0.3, 0.4) is 0 Å². The zero-order valence-corrected chi connectivity index (χ0v) is 11.6. The van der Waals surface area contributed by atoms with Crippen LogP contribution in [0.1, 0.15) is 15.9 Å². The molecular formula is C13H14BrN3O. The van der Waals surface area contributed by atoms with Gasteiger partial charge in [-0.3, -0.25) is 9.48 Å². The molecule has 0 radical (unpaired) electrons. The van der Waals surface area contributed by atoms with Crippen molar-refractivity contribution in [3.8, 4) is 0 Å². The molecule has 0 aliphatic rings. The van der Waals surface area contributed by atoms with Gasteiger partial charge < -0.3 is 5.32 Å². The van der Waals surface area contributed by atoms with E-state index >= 15 is 0 Å². The maximum Gasteiger partial charge on any atom is 0.251 e. The number of nitrogens with zero attached hydrogens (tertiary/aromatic N) is 2. The summed E-state index contributed by atoms with van der Waals surface area (Å²) in [6, 6.07) is 7.52. The summed E-state index contributed by atoms with van der Waals surface area (Å²) in [4.78, 5) is 11.9. The zero-order valence-electron chi connectivity index (χ0n) is 10.1. The van der Waals surface area contributed by atoms with Gasteiger partial charge in [0.05, 0.1) is 6.54 Å². The van der Waals surface area contributed by atoms with Gasteiger partial charge in [0, 0.05) is 29.0 Å². The van der Waals surface area contributed by atoms with Crippen LogP contribution in [0.25, 0.3) is 0 Å². The fraction of sp³-hybridized carbons (Fsp3) is 0.231. The van der Waals surface area contributed by atoms with Crippen LogP contribution in [0.5, 0.6) is 0 Å². The molecule has 94 valence electrons. The molecule has 1 amide bonds. The molecule has 0 fully saturated rings. The lowest BCUT2D eigenvalue weighted by Gasteiger charge is -2.06. The highest BCUT2D eigenvalue weighted by Gasteiger charge is 2.06. The Kier molecular flexibility index (Phi) is 4.15. The lowest BCUT2D eigenvalue weighted by Crippen LogP contribution is -2.27. The molecule has 0 atom stereocenters. The molecule has 1 aromatic heterocycles. The molecule has 2 aromatic rings. The van der Waals surface area contributed by atoms with Crippen molar-refractivity contribution >= 4 is 21.8 Å². The number of benzene rings is 1. The molecule has 0 spiro atoms. The van der Waals surface area contributed by atoms with Crippen molar-refractivity contribution in [3.05, 3.63) is 52.3 Å². The van der Waals surface area contributed by atoms with Gasteiger partial charge in [-0.15, -0.1) is 0 Å². The average Bonchev–Trinajstić information content (AvgIpc) is 2.80. The maximum absolute atomic E-state index is 11.9. The van der Waals surface area contributed by atoms with Gasteiger partial charge in [-0.05, 0) is 36.8 Å². The van der Waals surface area contributed by atoms with Crippen LogP contribution in [-0.4, -0.2) is 22.2 Å². The van der Waals surface area contributed by atoms with Crippen LogP contribution in [0.2, 0.25) is 0 Å². The lowest BCUT2D eigenvalue weighted by molar-refractivity contribution is 0.0952. The van der Waals surface area contributed by atoms with E-state index in [2.05, 4.69) is 26.3 Å². The molecule has 0 bridgehead atoms. The Bertz CT molecular complexity index is 517. The number of carbonyl (C=O) groups is 1. The van der Waals surface area contributed by atoms with E-state index in [0.717, 1.165) is 10.0 Å². The minimum Gasteiger partial charge on any atom is -0.350 e. The average molecular weight is 308 g/mol. The van der Waals surface area contributed by atoms with E-state index in [-0.39, 0.29) is 5.91 Å². The molecule has 0 saturated carbocycles. The Morgan fingerprint density at radius 2 is 2.28 bits per heavy atom. The Balaban J connectivity index is 1.91. The molecule has 1 N–H and O–H groups in total. The molecule has 1 heterocycles. The maximum atomic E-state index is 11.9. The summed E-state index contributed by atoms with van der Waals surface area (Å²) in [5.41, 5.74) is 1.73. The highest BCUT2D eigenvalue weighted by atomic mass is 79.9. The summed E-state index contributed by atoms with van der Waals surface area (Å²) in [6.45, 7) is 3.20. The molecule has 1 aromatic carbocycles. The Morgan fingerprint density at radius 3 is 2.94 bits per heavy atom. The fourth-order valence-electron chi connectivity index (χ4n) is 1.69. The third kappa shape index (κ3) is 3.43. The van der Waals surface area contributed by atoms with Crippen LogP contribution in [0.15, 0.2) is 41.1 Å². The first-order chi connectivity index (χ1) is 8.65. The van der Waals surface area contributed by atoms with Gasteiger partial charge in [0.2, 0.25) is 0 Å². The second-order valence-electron chi connectivity index (χ2n) is 4.04. The van der Waals surface area contributed by atoms with E-state index in [1.807, 2.05) is 37.4 Å². The van der Waals surface area contributed by atoms with E-state index in [9.17, 15) is 4.79 Å². The number of hydrogen-bond acceptors (Lipinski definition) is 2. The van der Waals surface area contributed by atoms with Crippen LogP contribution in [0, 0.1) is 6.92 Å². The van der Waals surface area contributed by atoms with Crippen molar-refractivity contribution in [1.29, 1.82) is 0 Å². The third-order valence-electron chi connectivity index (χ3n) is 2.49. The third-order valence-corrected chi connectivity index (χ3v) is 2.95. The second kappa shape index (κ2) is 5.82. The molecule has 5 heteroatoms. The number of carbonyl (C=O) groups excluding carboxylic acids is 1. The molecule has 0 saturated heterocycles. The largest absolute Gasteiger partial charge is 0.350 e. The summed E-state index contributed by atoms with van der Waals surface area (Å²) < 4.78 is 2.70. The summed E-state index contributed by atoms with van der Waals surface area (Å²) in [7, 11) is 0. The van der Waals surface area contributed by atoms with Gasteiger partial charge in [-0.25, -0.2) is 0 Å². The standard InChI is InChI=1S/C13H14BrN3O/c1-10-7-11(9-12(14)8-10)13(18)15-4-6-17-5-2-3-16-17/h2-3,5,7-9H,4,6H2,1H3,(H,15,18). The van der Waals surface area contributed by atoms with Crippen molar-refractivity contribution in [3.63, 3.8) is 0 Å². The molecule has 4 nitrogen and oxygen atoms in total. The number of rotatable bonds is 4. The predicted molar refractivity (Wildman–Crippen MR) is 73.4 cm³/mol. The minimum absolute atomic E-state index is 0.0634. The fourth-order valence-corrected chi connectivity index (χ4v) is 2.29. The number of hydrogen-bond donors (Lipinski definition) is 1. The van der Waals surface area contributed by atoms with Gasteiger partial charge >= 0.3 is 0 Å². The van der Waals surface area contributed by atoms with Crippen LogP contribution < -0.4 is 5.32 Å². The monoisotopic (exact) mass is 307 g/mol. The van der Waals surface area contributed by atoms with Crippen molar-refractivity contribution < 1.29 is 4.79 Å². The second-order valence-corrected chi connectivity index (χ2v) is 4.96. The van der Waals surface area contributed by atoms with Crippen molar-refractivity contribution in [2.45, 2.75) is 13.5 Å². The molecule has 18 heavy (non-hydrogen) atoms. The highest BCUT2D eigenvalue weighted by Crippen LogP contribution is 2.15. The van der Waals surface area contributed by atoms with Crippen LogP contribution >= 0.6 is 15.9 Å². The molecule has 0 aliphatic carbocycles. The lowest BCUT2D eigenvalue weighted by atomic mass is 10.1. The topological polar surface area (TPSA) is 46.9 Å². The van der Waals surface area contributed by atoms with Crippen LogP contribution in [0.4, 0.5) is 0 Å². The Morgan fingerprint density at radius 1 is 1.44 bits per heavy atom. The van der Waals surface area contributed by atoms with Gasteiger partial charge in [-0.1, -0.05) is 15.9 Å². The van der Waals surface area contributed by atoms with E-state index in [1.165, 1.54) is 0 Å². The number of aryl methyl sites for hydroxylation is 1. The van der Waals surface area contributed by atoms with E-state index in [0.29, 0.717) is 18.7 Å². The number of aromatic nitrogens is 2.